The van der Waals surface area contributed by atoms with E-state index in [0.29, 0.717) is 24.9 Å². The van der Waals surface area contributed by atoms with Crippen molar-refractivity contribution in [1.29, 1.82) is 0 Å². The topological polar surface area (TPSA) is 99.1 Å². The van der Waals surface area contributed by atoms with Gasteiger partial charge in [-0.15, -0.1) is 0 Å². The van der Waals surface area contributed by atoms with Crippen LogP contribution in [0.2, 0.25) is 0 Å². The lowest BCUT2D eigenvalue weighted by Crippen LogP contribution is -2.48. The Morgan fingerprint density at radius 3 is 2.52 bits per heavy atom. The molecule has 1 aromatic heterocycles. The van der Waals surface area contributed by atoms with E-state index in [4.69, 9.17) is 4.98 Å². The summed E-state index contributed by atoms with van der Waals surface area (Å²) in [5, 5.41) is 0. The van der Waals surface area contributed by atoms with Crippen LogP contribution in [0.4, 0.5) is 10.6 Å². The fourth-order valence-electron chi connectivity index (χ4n) is 5.10. The van der Waals surface area contributed by atoms with Crippen LogP contribution in [0, 0.1) is 24.7 Å². The number of aliphatic imine (C=N–C) groups is 1. The van der Waals surface area contributed by atoms with Crippen LogP contribution in [0.5, 0.6) is 0 Å². The maximum atomic E-state index is 12.9. The first kappa shape index (κ1) is 18.2. The van der Waals surface area contributed by atoms with Gasteiger partial charge in [0, 0.05) is 62.5 Å². The predicted octanol–water partition coefficient (Wildman–Crippen LogP) is 0.447. The number of carbonyl (C=O) groups excluding carboxylic acids is 3. The van der Waals surface area contributed by atoms with Crippen LogP contribution >= 0.6 is 0 Å². The van der Waals surface area contributed by atoms with Crippen molar-refractivity contribution < 1.29 is 14.4 Å². The van der Waals surface area contributed by atoms with Crippen molar-refractivity contribution in [3.8, 4) is 0 Å². The highest BCUT2D eigenvalue weighted by Crippen LogP contribution is 2.37. The molecule has 3 aliphatic heterocycles. The molecule has 9 heteroatoms. The molecule has 3 atom stereocenters. The van der Waals surface area contributed by atoms with Gasteiger partial charge in [0.05, 0.1) is 0 Å². The lowest BCUT2D eigenvalue weighted by molar-refractivity contribution is -0.141. The van der Waals surface area contributed by atoms with E-state index in [9.17, 15) is 14.4 Å². The summed E-state index contributed by atoms with van der Waals surface area (Å²) in [5.41, 5.74) is 2.48. The first-order chi connectivity index (χ1) is 13.9. The second-order valence-corrected chi connectivity index (χ2v) is 8.48. The predicted molar refractivity (Wildman–Crippen MR) is 105 cm³/mol. The van der Waals surface area contributed by atoms with Crippen molar-refractivity contribution in [3.05, 3.63) is 17.1 Å². The molecule has 4 heterocycles. The van der Waals surface area contributed by atoms with Crippen LogP contribution in [-0.2, 0) is 22.4 Å². The first-order valence-corrected chi connectivity index (χ1v) is 10.2. The molecule has 5 rings (SSSR count). The van der Waals surface area contributed by atoms with Crippen molar-refractivity contribution in [2.24, 2.45) is 22.7 Å². The second kappa shape index (κ2) is 6.60. The van der Waals surface area contributed by atoms with Gasteiger partial charge in [-0.25, -0.2) is 19.8 Å². The number of carbonyl (C=O) groups is 3. The number of amides is 4. The maximum Gasteiger partial charge on any atom is 0.349 e. The first-order valence-electron chi connectivity index (χ1n) is 10.2. The molecule has 1 aliphatic carbocycles. The number of fused-ring (bicyclic) bond motifs is 2. The Balaban J connectivity index is 1.29. The molecule has 2 saturated heterocycles. The standard InChI is InChI=1S/C20H24N6O3/c1-11-22-16-5-3-4-14(16)17(23-11)25-7-12-9-26(10-13(12)8-25)19(28)15-6-21-20(29)24(2)18(15)27/h6,12-13,15H,3-5,7-10H2,1-2H3. The van der Waals surface area contributed by atoms with E-state index in [0.717, 1.165) is 48.9 Å². The number of urea groups is 1. The SMILES string of the molecule is Cc1nc2c(c(N3CC4CN(C(=O)C5C=NC(=O)N(C)C5=O)CC4C3)n1)CCC2. The Morgan fingerprint density at radius 1 is 1.07 bits per heavy atom. The van der Waals surface area contributed by atoms with Gasteiger partial charge in [0.25, 0.3) is 0 Å². The number of rotatable bonds is 2. The van der Waals surface area contributed by atoms with Crippen LogP contribution in [0.3, 0.4) is 0 Å². The van der Waals surface area contributed by atoms with Crippen molar-refractivity contribution in [2.45, 2.75) is 26.2 Å². The van der Waals surface area contributed by atoms with Crippen molar-refractivity contribution >= 4 is 29.9 Å². The van der Waals surface area contributed by atoms with E-state index in [1.165, 1.54) is 24.5 Å². The van der Waals surface area contributed by atoms with E-state index in [1.54, 1.807) is 4.90 Å². The summed E-state index contributed by atoms with van der Waals surface area (Å²) < 4.78 is 0. The molecule has 29 heavy (non-hydrogen) atoms. The normalized spacial score (nSPS) is 28.3. The summed E-state index contributed by atoms with van der Waals surface area (Å²) in [6.45, 7) is 4.93. The summed E-state index contributed by atoms with van der Waals surface area (Å²) in [6, 6.07) is -0.624. The number of hydrogen-bond donors (Lipinski definition) is 0. The molecule has 152 valence electrons. The highest BCUT2D eigenvalue weighted by atomic mass is 16.2. The number of nitrogens with zero attached hydrogens (tertiary/aromatic N) is 6. The molecular formula is C20H24N6O3. The van der Waals surface area contributed by atoms with Gasteiger partial charge in [-0.2, -0.15) is 0 Å². The Hall–Kier alpha value is -2.84. The molecule has 0 N–H and O–H groups in total. The molecule has 0 spiro atoms. The third-order valence-corrected chi connectivity index (χ3v) is 6.60. The van der Waals surface area contributed by atoms with Crippen molar-refractivity contribution in [1.82, 2.24) is 19.8 Å². The van der Waals surface area contributed by atoms with E-state index in [2.05, 4.69) is 14.9 Å². The van der Waals surface area contributed by atoms with Gasteiger partial charge in [-0.3, -0.25) is 14.5 Å². The minimum Gasteiger partial charge on any atom is -0.356 e. The summed E-state index contributed by atoms with van der Waals surface area (Å²) in [5.74, 6) is 0.886. The van der Waals surface area contributed by atoms with Crippen LogP contribution < -0.4 is 4.90 Å². The van der Waals surface area contributed by atoms with Gasteiger partial charge in [0.1, 0.15) is 11.6 Å². The van der Waals surface area contributed by atoms with Gasteiger partial charge < -0.3 is 9.80 Å². The second-order valence-electron chi connectivity index (χ2n) is 8.48. The number of hydrogen-bond acceptors (Lipinski definition) is 6. The Morgan fingerprint density at radius 2 is 1.79 bits per heavy atom. The molecule has 1 aromatic rings. The smallest absolute Gasteiger partial charge is 0.349 e. The summed E-state index contributed by atoms with van der Waals surface area (Å²) >= 11 is 0. The van der Waals surface area contributed by atoms with Crippen LogP contribution in [0.15, 0.2) is 4.99 Å². The molecule has 0 bridgehead atoms. The maximum absolute atomic E-state index is 12.9. The van der Waals surface area contributed by atoms with Gasteiger partial charge in [-0.05, 0) is 26.2 Å². The molecule has 0 aromatic carbocycles. The Labute approximate surface area is 168 Å². The van der Waals surface area contributed by atoms with Gasteiger partial charge in [-0.1, -0.05) is 0 Å². The fourth-order valence-corrected chi connectivity index (χ4v) is 5.10. The number of imide groups is 1. The van der Waals surface area contributed by atoms with E-state index < -0.39 is 17.9 Å². The van der Waals surface area contributed by atoms with Crippen molar-refractivity contribution in [3.63, 3.8) is 0 Å². The zero-order valence-electron chi connectivity index (χ0n) is 16.7. The zero-order valence-corrected chi connectivity index (χ0v) is 16.7. The fraction of sp³-hybridized carbons (Fsp3) is 0.600. The van der Waals surface area contributed by atoms with Gasteiger partial charge in [0.15, 0.2) is 5.92 Å². The largest absolute Gasteiger partial charge is 0.356 e. The third-order valence-electron chi connectivity index (χ3n) is 6.60. The third kappa shape index (κ3) is 2.90. The minimum absolute atomic E-state index is 0.252. The Bertz CT molecular complexity index is 930. The molecule has 0 saturated carbocycles. The molecule has 4 amide bonds. The minimum atomic E-state index is -0.986. The number of aromatic nitrogens is 2. The quantitative estimate of drug-likeness (QED) is 0.673. The van der Waals surface area contributed by atoms with E-state index in [1.807, 2.05) is 6.92 Å². The zero-order chi connectivity index (χ0) is 20.3. The molecule has 4 aliphatic rings. The summed E-state index contributed by atoms with van der Waals surface area (Å²) in [6.07, 6.45) is 4.40. The summed E-state index contributed by atoms with van der Waals surface area (Å²) in [7, 11) is 1.36. The van der Waals surface area contributed by atoms with E-state index >= 15 is 0 Å². The van der Waals surface area contributed by atoms with Crippen molar-refractivity contribution in [2.75, 3.05) is 38.1 Å². The van der Waals surface area contributed by atoms with Crippen LogP contribution in [0.1, 0.15) is 23.5 Å². The highest BCUT2D eigenvalue weighted by Gasteiger charge is 2.45. The lowest BCUT2D eigenvalue weighted by Gasteiger charge is -2.27. The van der Waals surface area contributed by atoms with Crippen LogP contribution in [0.25, 0.3) is 0 Å². The number of aryl methyl sites for hydroxylation is 2. The Kier molecular flexibility index (Phi) is 4.15. The highest BCUT2D eigenvalue weighted by molar-refractivity contribution is 6.20. The molecule has 3 unspecified atom stereocenters. The van der Waals surface area contributed by atoms with Gasteiger partial charge in [0.2, 0.25) is 11.8 Å². The summed E-state index contributed by atoms with van der Waals surface area (Å²) in [4.78, 5) is 54.7. The monoisotopic (exact) mass is 396 g/mol. The molecule has 2 fully saturated rings. The lowest BCUT2D eigenvalue weighted by atomic mass is 10.0. The molecule has 9 nitrogen and oxygen atoms in total. The molecular weight excluding hydrogens is 372 g/mol. The molecule has 0 radical (unpaired) electrons. The number of anilines is 1. The average molecular weight is 396 g/mol. The van der Waals surface area contributed by atoms with Crippen LogP contribution in [-0.4, -0.2) is 77.1 Å². The average Bonchev–Trinajstić information content (AvgIpc) is 3.39. The van der Waals surface area contributed by atoms with Gasteiger partial charge >= 0.3 is 6.03 Å². The van der Waals surface area contributed by atoms with E-state index in [-0.39, 0.29) is 5.91 Å². The number of likely N-dealkylation sites (tertiary alicyclic amines) is 1.